The topological polar surface area (TPSA) is 37.3 Å². The molecule has 1 N–H and O–H groups in total. The second-order valence-corrected chi connectivity index (χ2v) is 3.17. The van der Waals surface area contributed by atoms with Crippen molar-refractivity contribution >= 4 is 17.9 Å². The molecule has 0 spiro atoms. The molecule has 0 radical (unpaired) electrons. The van der Waals surface area contributed by atoms with E-state index < -0.39 is 0 Å². The van der Waals surface area contributed by atoms with Gasteiger partial charge in [-0.3, -0.25) is 4.79 Å². The van der Waals surface area contributed by atoms with E-state index in [1.807, 2.05) is 0 Å². The molecular formula is C8H11ClO2. The van der Waals surface area contributed by atoms with E-state index in [-0.39, 0.29) is 12.5 Å². The fraction of sp³-hybridized carbons (Fsp3) is 0.625. The van der Waals surface area contributed by atoms with Crippen LogP contribution in [0.3, 0.4) is 0 Å². The van der Waals surface area contributed by atoms with Crippen LogP contribution in [0.2, 0.25) is 0 Å². The van der Waals surface area contributed by atoms with Gasteiger partial charge in [-0.2, -0.15) is 0 Å². The Morgan fingerprint density at radius 3 is 3.00 bits per heavy atom. The first-order valence-corrected chi connectivity index (χ1v) is 4.12. The number of aliphatic hydroxyl groups is 1. The third kappa shape index (κ3) is 1.82. The highest BCUT2D eigenvalue weighted by Crippen LogP contribution is 2.31. The molecule has 0 heterocycles. The maximum Gasteiger partial charge on any atom is 0.147 e. The predicted octanol–water partition coefficient (Wildman–Crippen LogP) is 1.47. The Balaban J connectivity index is 2.79. The molecule has 62 valence electrons. The van der Waals surface area contributed by atoms with Gasteiger partial charge < -0.3 is 5.11 Å². The Labute approximate surface area is 70.9 Å². The summed E-state index contributed by atoms with van der Waals surface area (Å²) in [5, 5.41) is 9.40. The molecular weight excluding hydrogens is 164 g/mol. The molecule has 2 nitrogen and oxygen atoms in total. The summed E-state index contributed by atoms with van der Waals surface area (Å²) in [5.74, 6) is 0.00520. The van der Waals surface area contributed by atoms with Gasteiger partial charge in [-0.1, -0.05) is 11.6 Å². The molecule has 0 aromatic carbocycles. The molecule has 0 aromatic rings. The molecule has 1 aliphatic rings. The van der Waals surface area contributed by atoms with E-state index >= 15 is 0 Å². The zero-order valence-electron chi connectivity index (χ0n) is 6.22. The highest BCUT2D eigenvalue weighted by atomic mass is 35.5. The fourth-order valence-corrected chi connectivity index (χ4v) is 1.65. The number of allylic oxidation sites excluding steroid dienone is 1. The molecule has 0 aromatic heterocycles. The summed E-state index contributed by atoms with van der Waals surface area (Å²) >= 11 is 5.84. The van der Waals surface area contributed by atoms with Gasteiger partial charge >= 0.3 is 0 Å². The molecule has 1 unspecified atom stereocenters. The number of aliphatic hydroxyl groups excluding tert-OH is 1. The zero-order valence-corrected chi connectivity index (χ0v) is 6.97. The minimum atomic E-state index is 0.00520. The van der Waals surface area contributed by atoms with E-state index in [1.165, 1.54) is 0 Å². The Kier molecular flexibility index (Phi) is 3.09. The monoisotopic (exact) mass is 174 g/mol. The largest absolute Gasteiger partial charge is 0.396 e. The first kappa shape index (κ1) is 8.75. The number of hydrogen-bond donors (Lipinski definition) is 1. The van der Waals surface area contributed by atoms with Crippen LogP contribution in [0.1, 0.15) is 19.3 Å². The quantitative estimate of drug-likeness (QED) is 0.644. The Bertz CT molecular complexity index is 187. The molecule has 0 saturated carbocycles. The van der Waals surface area contributed by atoms with Crippen molar-refractivity contribution in [3.63, 3.8) is 0 Å². The van der Waals surface area contributed by atoms with Gasteiger partial charge in [-0.25, -0.2) is 0 Å². The summed E-state index contributed by atoms with van der Waals surface area (Å²) in [5.41, 5.74) is 0.664. The van der Waals surface area contributed by atoms with Gasteiger partial charge in [0.05, 0.1) is 6.61 Å². The van der Waals surface area contributed by atoms with Crippen molar-refractivity contribution < 1.29 is 9.90 Å². The molecule has 3 heteroatoms. The molecule has 0 saturated heterocycles. The number of carbonyl (C=O) groups is 1. The second-order valence-electron chi connectivity index (χ2n) is 2.76. The van der Waals surface area contributed by atoms with E-state index in [0.717, 1.165) is 25.5 Å². The Morgan fingerprint density at radius 2 is 2.45 bits per heavy atom. The number of carbonyl (C=O) groups excluding carboxylic acids is 1. The van der Waals surface area contributed by atoms with Crippen molar-refractivity contribution in [3.05, 3.63) is 10.6 Å². The van der Waals surface area contributed by atoms with Crippen LogP contribution in [0.5, 0.6) is 0 Å². The van der Waals surface area contributed by atoms with Crippen LogP contribution in [-0.2, 0) is 4.79 Å². The molecule has 0 bridgehead atoms. The summed E-state index contributed by atoms with van der Waals surface area (Å²) in [4.78, 5) is 10.4. The van der Waals surface area contributed by atoms with Crippen molar-refractivity contribution in [2.24, 2.45) is 5.92 Å². The maximum absolute atomic E-state index is 10.4. The van der Waals surface area contributed by atoms with Gasteiger partial charge in [-0.15, -0.1) is 0 Å². The summed E-state index contributed by atoms with van der Waals surface area (Å²) in [7, 11) is 0. The molecule has 1 aliphatic carbocycles. The molecule has 0 fully saturated rings. The molecule has 0 aliphatic heterocycles. The van der Waals surface area contributed by atoms with Crippen LogP contribution in [-0.4, -0.2) is 18.0 Å². The smallest absolute Gasteiger partial charge is 0.147 e. The Morgan fingerprint density at radius 1 is 1.73 bits per heavy atom. The first-order chi connectivity index (χ1) is 5.29. The standard InChI is InChI=1S/C8H11ClO2/c9-8-6(4-10)2-1-3-7(8)5-11/h4,7,11H,1-3,5H2. The van der Waals surface area contributed by atoms with E-state index in [9.17, 15) is 4.79 Å². The highest BCUT2D eigenvalue weighted by Gasteiger charge is 2.20. The minimum absolute atomic E-state index is 0.00520. The van der Waals surface area contributed by atoms with Gasteiger partial charge in [0.1, 0.15) is 6.29 Å². The lowest BCUT2D eigenvalue weighted by molar-refractivity contribution is -0.105. The summed E-state index contributed by atoms with van der Waals surface area (Å²) in [6.45, 7) is 0.0518. The van der Waals surface area contributed by atoms with Gasteiger partial charge in [0, 0.05) is 16.5 Å². The Hall–Kier alpha value is -0.340. The predicted molar refractivity (Wildman–Crippen MR) is 43.4 cm³/mol. The van der Waals surface area contributed by atoms with Gasteiger partial charge in [0.15, 0.2) is 0 Å². The third-order valence-corrected chi connectivity index (χ3v) is 2.58. The normalized spacial score (nSPS) is 25.5. The average Bonchev–Trinajstić information content (AvgIpc) is 2.05. The summed E-state index contributed by atoms with van der Waals surface area (Å²) < 4.78 is 0. The van der Waals surface area contributed by atoms with Crippen LogP contribution in [0.4, 0.5) is 0 Å². The van der Waals surface area contributed by atoms with Crippen LogP contribution in [0.25, 0.3) is 0 Å². The van der Waals surface area contributed by atoms with Crippen LogP contribution < -0.4 is 0 Å². The number of rotatable bonds is 2. The summed E-state index contributed by atoms with van der Waals surface area (Å²) in [6.07, 6.45) is 3.41. The lowest BCUT2D eigenvalue weighted by atomic mass is 9.91. The fourth-order valence-electron chi connectivity index (χ4n) is 1.33. The van der Waals surface area contributed by atoms with Gasteiger partial charge in [0.25, 0.3) is 0 Å². The lowest BCUT2D eigenvalue weighted by Crippen LogP contribution is -2.13. The highest BCUT2D eigenvalue weighted by molar-refractivity contribution is 6.31. The number of aldehydes is 1. The van der Waals surface area contributed by atoms with Crippen LogP contribution >= 0.6 is 11.6 Å². The van der Waals surface area contributed by atoms with E-state index in [1.54, 1.807) is 0 Å². The van der Waals surface area contributed by atoms with E-state index in [0.29, 0.717) is 10.6 Å². The van der Waals surface area contributed by atoms with Gasteiger partial charge in [-0.05, 0) is 19.3 Å². The minimum Gasteiger partial charge on any atom is -0.396 e. The van der Waals surface area contributed by atoms with Crippen molar-refractivity contribution in [2.75, 3.05) is 6.61 Å². The molecule has 11 heavy (non-hydrogen) atoms. The van der Waals surface area contributed by atoms with Gasteiger partial charge in [0.2, 0.25) is 0 Å². The van der Waals surface area contributed by atoms with Crippen LogP contribution in [0.15, 0.2) is 10.6 Å². The third-order valence-electron chi connectivity index (χ3n) is 2.03. The van der Waals surface area contributed by atoms with Crippen molar-refractivity contribution in [1.82, 2.24) is 0 Å². The van der Waals surface area contributed by atoms with Crippen LogP contribution in [0, 0.1) is 5.92 Å². The first-order valence-electron chi connectivity index (χ1n) is 3.74. The lowest BCUT2D eigenvalue weighted by Gasteiger charge is -2.20. The summed E-state index contributed by atoms with van der Waals surface area (Å²) in [6, 6.07) is 0. The maximum atomic E-state index is 10.4. The SMILES string of the molecule is O=CC1=C(Cl)C(CO)CCC1. The van der Waals surface area contributed by atoms with Crippen molar-refractivity contribution in [1.29, 1.82) is 0 Å². The zero-order chi connectivity index (χ0) is 8.27. The molecule has 0 amide bonds. The molecule has 1 rings (SSSR count). The molecule has 1 atom stereocenters. The number of hydrogen-bond acceptors (Lipinski definition) is 2. The van der Waals surface area contributed by atoms with E-state index in [4.69, 9.17) is 16.7 Å². The van der Waals surface area contributed by atoms with E-state index in [2.05, 4.69) is 0 Å². The number of halogens is 1. The average molecular weight is 175 g/mol. The second kappa shape index (κ2) is 3.88. The van der Waals surface area contributed by atoms with Crippen molar-refractivity contribution in [3.8, 4) is 0 Å². The van der Waals surface area contributed by atoms with Crippen molar-refractivity contribution in [2.45, 2.75) is 19.3 Å².